The van der Waals surface area contributed by atoms with Crippen LogP contribution in [-0.2, 0) is 14.8 Å². The average molecular weight is 560 g/mol. The minimum Gasteiger partial charge on any atom is -0.495 e. The Hall–Kier alpha value is -3.12. The molecule has 0 spiro atoms. The van der Waals surface area contributed by atoms with Gasteiger partial charge in [0.05, 0.1) is 30.8 Å². The van der Waals surface area contributed by atoms with Crippen molar-refractivity contribution in [1.82, 2.24) is 14.1 Å². The standard InChI is InChI=1S/C26H30ClN5O5S/c1-36-23-10-9-19(27)16-24(23)38(34,35)31-13-11-30(12-14-31)22-18-29-32(20-6-3-2-4-7-20)26(33)25(22)28-17-21-8-5-15-37-21/h2-4,6-7,9-10,16,18,21,28H,5,8,11-15,17H2,1H3. The van der Waals surface area contributed by atoms with E-state index in [2.05, 4.69) is 10.4 Å². The van der Waals surface area contributed by atoms with Gasteiger partial charge in [-0.15, -0.1) is 0 Å². The lowest BCUT2D eigenvalue weighted by atomic mass is 10.2. The number of anilines is 2. The topological polar surface area (TPSA) is 106 Å². The molecule has 0 radical (unpaired) electrons. The van der Waals surface area contributed by atoms with E-state index < -0.39 is 10.0 Å². The first kappa shape index (κ1) is 26.5. The summed E-state index contributed by atoms with van der Waals surface area (Å²) in [5, 5.41) is 8.07. The Labute approximate surface area is 226 Å². The normalized spacial score (nSPS) is 18.5. The van der Waals surface area contributed by atoms with Crippen molar-refractivity contribution in [3.63, 3.8) is 0 Å². The Morgan fingerprint density at radius 3 is 2.58 bits per heavy atom. The SMILES string of the molecule is COc1ccc(Cl)cc1S(=O)(=O)N1CCN(c2cnn(-c3ccccc3)c(=O)c2NCC2CCCO2)CC1. The number of nitrogens with one attached hydrogen (secondary N) is 1. The van der Waals surface area contributed by atoms with Gasteiger partial charge < -0.3 is 19.7 Å². The molecule has 202 valence electrons. The number of aromatic nitrogens is 2. The highest BCUT2D eigenvalue weighted by Gasteiger charge is 2.32. The molecule has 3 aromatic rings. The molecule has 0 saturated carbocycles. The molecule has 1 aromatic heterocycles. The summed E-state index contributed by atoms with van der Waals surface area (Å²) >= 11 is 6.09. The Bertz CT molecular complexity index is 1440. The van der Waals surface area contributed by atoms with Crippen LogP contribution in [0.4, 0.5) is 11.4 Å². The number of benzene rings is 2. The van der Waals surface area contributed by atoms with Crippen LogP contribution in [0.15, 0.2) is 64.4 Å². The van der Waals surface area contributed by atoms with Crippen molar-refractivity contribution in [3.05, 3.63) is 70.1 Å². The van der Waals surface area contributed by atoms with Crippen molar-refractivity contribution in [2.75, 3.05) is 56.7 Å². The maximum absolute atomic E-state index is 13.6. The maximum Gasteiger partial charge on any atom is 0.296 e. The van der Waals surface area contributed by atoms with Crippen molar-refractivity contribution in [1.29, 1.82) is 0 Å². The largest absolute Gasteiger partial charge is 0.495 e. The van der Waals surface area contributed by atoms with E-state index in [1.807, 2.05) is 35.2 Å². The predicted molar refractivity (Wildman–Crippen MR) is 146 cm³/mol. The predicted octanol–water partition coefficient (Wildman–Crippen LogP) is 3.00. The first-order chi connectivity index (χ1) is 18.4. The molecular formula is C26H30ClN5O5S. The van der Waals surface area contributed by atoms with Crippen LogP contribution in [0.25, 0.3) is 5.69 Å². The Morgan fingerprint density at radius 2 is 1.89 bits per heavy atom. The van der Waals surface area contributed by atoms with Gasteiger partial charge in [-0.25, -0.2) is 8.42 Å². The molecule has 3 heterocycles. The molecule has 2 fully saturated rings. The third-order valence-electron chi connectivity index (χ3n) is 6.81. The molecule has 0 amide bonds. The zero-order chi connectivity index (χ0) is 26.7. The van der Waals surface area contributed by atoms with Crippen molar-refractivity contribution >= 4 is 33.0 Å². The molecule has 1 N–H and O–H groups in total. The number of ether oxygens (including phenoxy) is 2. The van der Waals surface area contributed by atoms with Crippen LogP contribution in [0, 0.1) is 0 Å². The van der Waals surface area contributed by atoms with Gasteiger partial charge in [-0.2, -0.15) is 14.1 Å². The van der Waals surface area contributed by atoms with Gasteiger partial charge in [-0.3, -0.25) is 4.79 Å². The van der Waals surface area contributed by atoms with Gasteiger partial charge in [0, 0.05) is 44.4 Å². The number of nitrogens with zero attached hydrogens (tertiary/aromatic N) is 4. The fourth-order valence-electron chi connectivity index (χ4n) is 4.79. The van der Waals surface area contributed by atoms with Crippen molar-refractivity contribution in [3.8, 4) is 11.4 Å². The number of para-hydroxylation sites is 1. The number of hydrogen-bond acceptors (Lipinski definition) is 8. The zero-order valence-corrected chi connectivity index (χ0v) is 22.6. The zero-order valence-electron chi connectivity index (χ0n) is 21.0. The minimum atomic E-state index is -3.83. The molecule has 0 bridgehead atoms. The fourth-order valence-corrected chi connectivity index (χ4v) is 6.63. The second-order valence-electron chi connectivity index (χ2n) is 9.16. The van der Waals surface area contributed by atoms with Gasteiger partial charge in [0.2, 0.25) is 10.0 Å². The highest BCUT2D eigenvalue weighted by molar-refractivity contribution is 7.89. The lowest BCUT2D eigenvalue weighted by Crippen LogP contribution is -2.49. The molecule has 2 aliphatic rings. The summed E-state index contributed by atoms with van der Waals surface area (Å²) in [4.78, 5) is 15.6. The van der Waals surface area contributed by atoms with Gasteiger partial charge >= 0.3 is 0 Å². The lowest BCUT2D eigenvalue weighted by Gasteiger charge is -2.36. The van der Waals surface area contributed by atoms with Gasteiger partial charge in [-0.05, 0) is 43.2 Å². The van der Waals surface area contributed by atoms with Crippen LogP contribution in [0.5, 0.6) is 5.75 Å². The molecule has 2 saturated heterocycles. The lowest BCUT2D eigenvalue weighted by molar-refractivity contribution is 0.120. The van der Waals surface area contributed by atoms with Crippen LogP contribution in [-0.4, -0.2) is 75.0 Å². The minimum absolute atomic E-state index is 0.0343. The quantitative estimate of drug-likeness (QED) is 0.449. The highest BCUT2D eigenvalue weighted by atomic mass is 35.5. The summed E-state index contributed by atoms with van der Waals surface area (Å²) in [6.07, 6.45) is 3.63. The third kappa shape index (κ3) is 5.37. The van der Waals surface area contributed by atoms with Crippen molar-refractivity contribution < 1.29 is 17.9 Å². The Kier molecular flexibility index (Phi) is 7.89. The Balaban J connectivity index is 1.40. The van der Waals surface area contributed by atoms with E-state index in [0.29, 0.717) is 41.7 Å². The van der Waals surface area contributed by atoms with Gasteiger partial charge in [-0.1, -0.05) is 29.8 Å². The summed E-state index contributed by atoms with van der Waals surface area (Å²) in [6.45, 7) is 2.44. The molecule has 12 heteroatoms. The summed E-state index contributed by atoms with van der Waals surface area (Å²) < 4.78 is 40.6. The molecule has 38 heavy (non-hydrogen) atoms. The van der Waals surface area contributed by atoms with E-state index in [0.717, 1.165) is 19.4 Å². The number of halogens is 1. The molecule has 1 unspecified atom stereocenters. The van der Waals surface area contributed by atoms with E-state index >= 15 is 0 Å². The first-order valence-corrected chi connectivity index (χ1v) is 14.3. The molecular weight excluding hydrogens is 530 g/mol. The second-order valence-corrected chi connectivity index (χ2v) is 11.5. The highest BCUT2D eigenvalue weighted by Crippen LogP contribution is 2.31. The summed E-state index contributed by atoms with van der Waals surface area (Å²) in [5.41, 5.74) is 1.45. The van der Waals surface area contributed by atoms with Crippen LogP contribution in [0.3, 0.4) is 0 Å². The first-order valence-electron chi connectivity index (χ1n) is 12.5. The van der Waals surface area contributed by atoms with Crippen LogP contribution < -0.4 is 20.5 Å². The van der Waals surface area contributed by atoms with E-state index in [1.165, 1.54) is 22.2 Å². The smallest absolute Gasteiger partial charge is 0.296 e. The fraction of sp³-hybridized carbons (Fsp3) is 0.385. The number of rotatable bonds is 8. The second kappa shape index (κ2) is 11.3. The van der Waals surface area contributed by atoms with Gasteiger partial charge in [0.1, 0.15) is 16.3 Å². The summed E-state index contributed by atoms with van der Waals surface area (Å²) in [7, 11) is -2.41. The van der Waals surface area contributed by atoms with E-state index in [4.69, 9.17) is 21.1 Å². The van der Waals surface area contributed by atoms with Crippen LogP contribution in [0.1, 0.15) is 12.8 Å². The summed E-state index contributed by atoms with van der Waals surface area (Å²) in [6, 6.07) is 13.8. The van der Waals surface area contributed by atoms with E-state index in [9.17, 15) is 13.2 Å². The average Bonchev–Trinajstić information content (AvgIpc) is 3.46. The van der Waals surface area contributed by atoms with Crippen LogP contribution in [0.2, 0.25) is 5.02 Å². The molecule has 2 aliphatic heterocycles. The van der Waals surface area contributed by atoms with Crippen LogP contribution >= 0.6 is 11.6 Å². The van der Waals surface area contributed by atoms with E-state index in [-0.39, 0.29) is 35.4 Å². The van der Waals surface area contributed by atoms with Crippen molar-refractivity contribution in [2.45, 2.75) is 23.8 Å². The molecule has 10 nitrogen and oxygen atoms in total. The third-order valence-corrected chi connectivity index (χ3v) is 8.97. The molecule has 2 aromatic carbocycles. The molecule has 0 aliphatic carbocycles. The number of sulfonamides is 1. The molecule has 5 rings (SSSR count). The monoisotopic (exact) mass is 559 g/mol. The van der Waals surface area contributed by atoms with Gasteiger partial charge in [0.25, 0.3) is 5.56 Å². The van der Waals surface area contributed by atoms with Crippen molar-refractivity contribution in [2.24, 2.45) is 0 Å². The number of methoxy groups -OCH3 is 1. The number of hydrogen-bond donors (Lipinski definition) is 1. The van der Waals surface area contributed by atoms with E-state index in [1.54, 1.807) is 18.3 Å². The Morgan fingerprint density at radius 1 is 1.13 bits per heavy atom. The molecule has 1 atom stereocenters. The van der Waals surface area contributed by atoms with Gasteiger partial charge in [0.15, 0.2) is 0 Å². The maximum atomic E-state index is 13.6. The number of piperazine rings is 1. The summed E-state index contributed by atoms with van der Waals surface area (Å²) in [5.74, 6) is 0.242.